The molecule has 0 heterocycles. The van der Waals surface area contributed by atoms with Crippen molar-refractivity contribution in [1.29, 1.82) is 0 Å². The highest BCUT2D eigenvalue weighted by molar-refractivity contribution is 5.90. The van der Waals surface area contributed by atoms with Crippen LogP contribution in [0.25, 0.3) is 0 Å². The number of anilines is 1. The summed E-state index contributed by atoms with van der Waals surface area (Å²) in [6.07, 6.45) is 8.03. The normalized spacial score (nSPS) is 15.0. The highest BCUT2D eigenvalue weighted by Gasteiger charge is 2.14. The van der Waals surface area contributed by atoms with Crippen molar-refractivity contribution in [2.75, 3.05) is 5.32 Å². The first-order valence-electron chi connectivity index (χ1n) is 7.74. The number of benzene rings is 1. The van der Waals surface area contributed by atoms with Gasteiger partial charge in [-0.3, -0.25) is 9.59 Å². The van der Waals surface area contributed by atoms with Gasteiger partial charge in [-0.05, 0) is 36.5 Å². The number of carbonyl (C=O) groups is 2. The molecule has 0 spiro atoms. The first-order valence-corrected chi connectivity index (χ1v) is 7.74. The molecule has 1 saturated carbocycles. The predicted molar refractivity (Wildman–Crippen MR) is 82.2 cm³/mol. The van der Waals surface area contributed by atoms with E-state index in [0.29, 0.717) is 6.42 Å². The van der Waals surface area contributed by atoms with Crippen molar-refractivity contribution < 1.29 is 14.7 Å². The van der Waals surface area contributed by atoms with Crippen LogP contribution >= 0.6 is 0 Å². The monoisotopic (exact) mass is 289 g/mol. The SMILES string of the molecule is O=C(O)Cc1ccc(NC(=O)CCCC2CCCC2)cc1. The van der Waals surface area contributed by atoms with Crippen LogP contribution in [0, 0.1) is 5.92 Å². The average Bonchev–Trinajstić information content (AvgIpc) is 2.93. The number of nitrogens with one attached hydrogen (secondary N) is 1. The lowest BCUT2D eigenvalue weighted by molar-refractivity contribution is -0.136. The highest BCUT2D eigenvalue weighted by atomic mass is 16.4. The molecule has 0 aliphatic heterocycles. The Morgan fingerprint density at radius 3 is 2.43 bits per heavy atom. The van der Waals surface area contributed by atoms with Crippen LogP contribution < -0.4 is 5.32 Å². The van der Waals surface area contributed by atoms with Gasteiger partial charge in [0.2, 0.25) is 5.91 Å². The molecule has 4 heteroatoms. The van der Waals surface area contributed by atoms with E-state index in [1.165, 1.54) is 25.7 Å². The van der Waals surface area contributed by atoms with Crippen molar-refractivity contribution in [3.63, 3.8) is 0 Å². The summed E-state index contributed by atoms with van der Waals surface area (Å²) < 4.78 is 0. The van der Waals surface area contributed by atoms with Crippen LogP contribution in [-0.4, -0.2) is 17.0 Å². The smallest absolute Gasteiger partial charge is 0.307 e. The number of hydrogen-bond acceptors (Lipinski definition) is 2. The Balaban J connectivity index is 1.70. The molecular weight excluding hydrogens is 266 g/mol. The third-order valence-corrected chi connectivity index (χ3v) is 4.08. The molecular formula is C17H23NO3. The second-order valence-electron chi connectivity index (χ2n) is 5.86. The van der Waals surface area contributed by atoms with E-state index in [4.69, 9.17) is 5.11 Å². The summed E-state index contributed by atoms with van der Waals surface area (Å²) in [5.74, 6) is 0.0192. The quantitative estimate of drug-likeness (QED) is 0.805. The van der Waals surface area contributed by atoms with E-state index in [-0.39, 0.29) is 12.3 Å². The first-order chi connectivity index (χ1) is 10.1. The van der Waals surface area contributed by atoms with Crippen LogP contribution in [0.2, 0.25) is 0 Å². The molecule has 114 valence electrons. The van der Waals surface area contributed by atoms with E-state index >= 15 is 0 Å². The zero-order valence-electron chi connectivity index (χ0n) is 12.3. The Morgan fingerprint density at radius 2 is 1.81 bits per heavy atom. The molecule has 21 heavy (non-hydrogen) atoms. The van der Waals surface area contributed by atoms with Gasteiger partial charge in [0.05, 0.1) is 6.42 Å². The van der Waals surface area contributed by atoms with Crippen molar-refractivity contribution in [1.82, 2.24) is 0 Å². The minimum atomic E-state index is -0.848. The molecule has 0 bridgehead atoms. The predicted octanol–water partition coefficient (Wildman–Crippen LogP) is 3.61. The molecule has 0 saturated heterocycles. The van der Waals surface area contributed by atoms with Gasteiger partial charge in [0.1, 0.15) is 0 Å². The maximum Gasteiger partial charge on any atom is 0.307 e. The van der Waals surface area contributed by atoms with Gasteiger partial charge in [-0.25, -0.2) is 0 Å². The summed E-state index contributed by atoms with van der Waals surface area (Å²) in [4.78, 5) is 22.4. The van der Waals surface area contributed by atoms with Crippen molar-refractivity contribution in [3.05, 3.63) is 29.8 Å². The third-order valence-electron chi connectivity index (χ3n) is 4.08. The fraction of sp³-hybridized carbons (Fsp3) is 0.529. The summed E-state index contributed by atoms with van der Waals surface area (Å²) in [7, 11) is 0. The van der Waals surface area contributed by atoms with Crippen molar-refractivity contribution >= 4 is 17.6 Å². The first kappa shape index (κ1) is 15.5. The number of rotatable bonds is 7. The van der Waals surface area contributed by atoms with E-state index < -0.39 is 5.97 Å². The van der Waals surface area contributed by atoms with Crippen LogP contribution in [0.3, 0.4) is 0 Å². The van der Waals surface area contributed by atoms with Gasteiger partial charge in [-0.1, -0.05) is 37.8 Å². The molecule has 0 radical (unpaired) electrons. The summed E-state index contributed by atoms with van der Waals surface area (Å²) >= 11 is 0. The summed E-state index contributed by atoms with van der Waals surface area (Å²) in [6.45, 7) is 0. The van der Waals surface area contributed by atoms with Crippen LogP contribution in [0.5, 0.6) is 0 Å². The molecule has 4 nitrogen and oxygen atoms in total. The van der Waals surface area contributed by atoms with Crippen LogP contribution in [-0.2, 0) is 16.0 Å². The van der Waals surface area contributed by atoms with E-state index in [1.54, 1.807) is 24.3 Å². The van der Waals surface area contributed by atoms with Gasteiger partial charge in [0.25, 0.3) is 0 Å². The molecule has 1 aliphatic carbocycles. The largest absolute Gasteiger partial charge is 0.481 e. The number of amides is 1. The molecule has 0 unspecified atom stereocenters. The molecule has 1 aromatic rings. The summed E-state index contributed by atoms with van der Waals surface area (Å²) in [5, 5.41) is 11.6. The summed E-state index contributed by atoms with van der Waals surface area (Å²) in [5.41, 5.74) is 1.47. The maximum atomic E-state index is 11.8. The average molecular weight is 289 g/mol. The second-order valence-corrected chi connectivity index (χ2v) is 5.86. The van der Waals surface area contributed by atoms with E-state index in [9.17, 15) is 9.59 Å². The second kappa shape index (κ2) is 7.81. The third kappa shape index (κ3) is 5.58. The fourth-order valence-electron chi connectivity index (χ4n) is 2.95. The standard InChI is InChI=1S/C17H23NO3/c19-16(7-3-6-13-4-1-2-5-13)18-15-10-8-14(9-11-15)12-17(20)21/h8-11,13H,1-7,12H2,(H,18,19)(H,20,21). The maximum absolute atomic E-state index is 11.8. The molecule has 1 fully saturated rings. The summed E-state index contributed by atoms with van der Waals surface area (Å²) in [6, 6.07) is 6.99. The number of hydrogen-bond donors (Lipinski definition) is 2. The molecule has 1 aromatic carbocycles. The highest BCUT2D eigenvalue weighted by Crippen LogP contribution is 2.28. The lowest BCUT2D eigenvalue weighted by Crippen LogP contribution is -2.11. The topological polar surface area (TPSA) is 66.4 Å². The molecule has 1 aliphatic rings. The van der Waals surface area contributed by atoms with Gasteiger partial charge in [0.15, 0.2) is 0 Å². The lowest BCUT2D eigenvalue weighted by Gasteiger charge is -2.09. The molecule has 0 atom stereocenters. The van der Waals surface area contributed by atoms with Crippen molar-refractivity contribution in [3.8, 4) is 0 Å². The number of carbonyl (C=O) groups excluding carboxylic acids is 1. The Morgan fingerprint density at radius 1 is 1.14 bits per heavy atom. The number of carboxylic acid groups (broad SMARTS) is 1. The molecule has 2 rings (SSSR count). The molecule has 2 N–H and O–H groups in total. The molecule has 0 aromatic heterocycles. The van der Waals surface area contributed by atoms with Crippen LogP contribution in [0.4, 0.5) is 5.69 Å². The zero-order chi connectivity index (χ0) is 15.1. The molecule has 1 amide bonds. The Labute approximate surface area is 125 Å². The van der Waals surface area contributed by atoms with Gasteiger partial charge in [0, 0.05) is 12.1 Å². The van der Waals surface area contributed by atoms with E-state index in [2.05, 4.69) is 5.32 Å². The Bertz CT molecular complexity index is 475. The zero-order valence-corrected chi connectivity index (χ0v) is 12.3. The van der Waals surface area contributed by atoms with E-state index in [1.807, 2.05) is 0 Å². The van der Waals surface area contributed by atoms with Crippen molar-refractivity contribution in [2.24, 2.45) is 5.92 Å². The minimum absolute atomic E-state index is 0.00954. The minimum Gasteiger partial charge on any atom is -0.481 e. The van der Waals surface area contributed by atoms with Gasteiger partial charge in [-0.2, -0.15) is 0 Å². The fourth-order valence-corrected chi connectivity index (χ4v) is 2.95. The number of aliphatic carboxylic acids is 1. The van der Waals surface area contributed by atoms with Crippen LogP contribution in [0.1, 0.15) is 50.5 Å². The van der Waals surface area contributed by atoms with Gasteiger partial charge >= 0.3 is 5.97 Å². The van der Waals surface area contributed by atoms with E-state index in [0.717, 1.165) is 30.0 Å². The van der Waals surface area contributed by atoms with Crippen molar-refractivity contribution in [2.45, 2.75) is 51.4 Å². The van der Waals surface area contributed by atoms with Crippen LogP contribution in [0.15, 0.2) is 24.3 Å². The number of carboxylic acids is 1. The Hall–Kier alpha value is -1.84. The van der Waals surface area contributed by atoms with Gasteiger partial charge in [-0.15, -0.1) is 0 Å². The lowest BCUT2D eigenvalue weighted by atomic mass is 10.0. The van der Waals surface area contributed by atoms with Gasteiger partial charge < -0.3 is 10.4 Å². The Kier molecular flexibility index (Phi) is 5.78.